The summed E-state index contributed by atoms with van der Waals surface area (Å²) < 4.78 is 17.0. The van der Waals surface area contributed by atoms with Crippen LogP contribution in [-0.4, -0.2) is 70.0 Å². The zero-order valence-electron chi connectivity index (χ0n) is 19.0. The SMILES string of the molecule is COc1ccc([C@@H]2CC(=O)N(CC(=O)Nc3nnc(-c4cnccn4)s3)C2)cc1OC1CCCO1. The average molecular weight is 497 g/mol. The van der Waals surface area contributed by atoms with Crippen molar-refractivity contribution in [2.75, 3.05) is 32.1 Å². The van der Waals surface area contributed by atoms with E-state index >= 15 is 0 Å². The van der Waals surface area contributed by atoms with Gasteiger partial charge in [0.2, 0.25) is 16.9 Å². The van der Waals surface area contributed by atoms with Crippen LogP contribution in [0.25, 0.3) is 10.7 Å². The second-order valence-corrected chi connectivity index (χ2v) is 9.17. The van der Waals surface area contributed by atoms with Crippen LogP contribution in [0, 0.1) is 0 Å². The third-order valence-electron chi connectivity index (χ3n) is 5.81. The molecule has 2 aliphatic heterocycles. The van der Waals surface area contributed by atoms with Gasteiger partial charge in [-0.2, -0.15) is 0 Å². The maximum absolute atomic E-state index is 12.7. The van der Waals surface area contributed by atoms with E-state index in [1.807, 2.05) is 18.2 Å². The van der Waals surface area contributed by atoms with Crippen LogP contribution in [0.5, 0.6) is 11.5 Å². The molecular formula is C23H24N6O5S. The lowest BCUT2D eigenvalue weighted by molar-refractivity contribution is -0.131. The number of aromatic nitrogens is 4. The topological polar surface area (TPSA) is 129 Å². The summed E-state index contributed by atoms with van der Waals surface area (Å²) in [5, 5.41) is 11.6. The fourth-order valence-corrected chi connectivity index (χ4v) is 4.81. The van der Waals surface area contributed by atoms with Crippen LogP contribution < -0.4 is 14.8 Å². The summed E-state index contributed by atoms with van der Waals surface area (Å²) in [4.78, 5) is 35.0. The normalized spacial score (nSPS) is 19.7. The number of hydrogen-bond acceptors (Lipinski definition) is 10. The first kappa shape index (κ1) is 23.1. The summed E-state index contributed by atoms with van der Waals surface area (Å²) >= 11 is 1.19. The molecule has 12 heteroatoms. The highest BCUT2D eigenvalue weighted by molar-refractivity contribution is 7.18. The van der Waals surface area contributed by atoms with E-state index in [0.29, 0.717) is 46.9 Å². The fourth-order valence-electron chi connectivity index (χ4n) is 4.09. The number of carbonyl (C=O) groups excluding carboxylic acids is 2. The molecule has 4 heterocycles. The Bertz CT molecular complexity index is 1200. The van der Waals surface area contributed by atoms with Gasteiger partial charge in [-0.05, 0) is 24.1 Å². The smallest absolute Gasteiger partial charge is 0.245 e. The highest BCUT2D eigenvalue weighted by Crippen LogP contribution is 2.36. The number of rotatable bonds is 8. The van der Waals surface area contributed by atoms with Crippen molar-refractivity contribution in [3.05, 3.63) is 42.4 Å². The Labute approximate surface area is 205 Å². The van der Waals surface area contributed by atoms with Crippen LogP contribution in [0.2, 0.25) is 0 Å². The van der Waals surface area contributed by atoms with Gasteiger partial charge in [0.25, 0.3) is 0 Å². The number of benzene rings is 1. The van der Waals surface area contributed by atoms with E-state index < -0.39 is 0 Å². The van der Waals surface area contributed by atoms with Gasteiger partial charge in [0.15, 0.2) is 22.8 Å². The Kier molecular flexibility index (Phi) is 6.82. The minimum absolute atomic E-state index is 0.0576. The van der Waals surface area contributed by atoms with Gasteiger partial charge in [-0.3, -0.25) is 24.9 Å². The average Bonchev–Trinajstić information content (AvgIpc) is 3.62. The minimum Gasteiger partial charge on any atom is -0.493 e. The molecule has 2 saturated heterocycles. The molecule has 2 amide bonds. The van der Waals surface area contributed by atoms with Crippen LogP contribution in [0.4, 0.5) is 5.13 Å². The second-order valence-electron chi connectivity index (χ2n) is 8.20. The number of likely N-dealkylation sites (tertiary alicyclic amines) is 1. The summed E-state index contributed by atoms with van der Waals surface area (Å²) in [6, 6.07) is 5.67. The molecule has 35 heavy (non-hydrogen) atoms. The Hall–Kier alpha value is -3.64. The monoisotopic (exact) mass is 496 g/mol. The molecule has 1 unspecified atom stereocenters. The molecule has 0 aliphatic carbocycles. The van der Waals surface area contributed by atoms with Gasteiger partial charge in [0.1, 0.15) is 5.69 Å². The Morgan fingerprint density at radius 2 is 2.20 bits per heavy atom. The summed E-state index contributed by atoms with van der Waals surface area (Å²) in [5.41, 5.74) is 1.53. The van der Waals surface area contributed by atoms with E-state index in [1.54, 1.807) is 30.6 Å². The number of nitrogens with zero attached hydrogens (tertiary/aromatic N) is 5. The van der Waals surface area contributed by atoms with Gasteiger partial charge in [0.05, 0.1) is 26.5 Å². The van der Waals surface area contributed by atoms with Crippen LogP contribution >= 0.6 is 11.3 Å². The number of amides is 2. The van der Waals surface area contributed by atoms with E-state index in [9.17, 15) is 9.59 Å². The van der Waals surface area contributed by atoms with Crippen molar-refractivity contribution in [1.82, 2.24) is 25.1 Å². The van der Waals surface area contributed by atoms with Gasteiger partial charge in [-0.25, -0.2) is 0 Å². The molecule has 2 fully saturated rings. The molecule has 1 aromatic carbocycles. The zero-order chi connectivity index (χ0) is 24.2. The number of nitrogens with one attached hydrogen (secondary N) is 1. The quantitative estimate of drug-likeness (QED) is 0.500. The fraction of sp³-hybridized carbons (Fsp3) is 0.391. The predicted octanol–water partition coefficient (Wildman–Crippen LogP) is 2.47. The predicted molar refractivity (Wildman–Crippen MR) is 126 cm³/mol. The lowest BCUT2D eigenvalue weighted by atomic mass is 9.98. The molecule has 182 valence electrons. The molecule has 2 atom stereocenters. The molecule has 0 spiro atoms. The van der Waals surface area contributed by atoms with Crippen LogP contribution in [0.3, 0.4) is 0 Å². The molecule has 1 N–H and O–H groups in total. The van der Waals surface area contributed by atoms with Crippen LogP contribution in [0.1, 0.15) is 30.7 Å². The van der Waals surface area contributed by atoms with E-state index in [2.05, 4.69) is 25.5 Å². The van der Waals surface area contributed by atoms with Gasteiger partial charge < -0.3 is 19.1 Å². The first-order valence-electron chi connectivity index (χ1n) is 11.2. The first-order chi connectivity index (χ1) is 17.1. The second kappa shape index (κ2) is 10.3. The highest BCUT2D eigenvalue weighted by atomic mass is 32.1. The van der Waals surface area contributed by atoms with Crippen LogP contribution in [0.15, 0.2) is 36.8 Å². The van der Waals surface area contributed by atoms with Crippen molar-refractivity contribution in [1.29, 1.82) is 0 Å². The summed E-state index contributed by atoms with van der Waals surface area (Å²) in [6.45, 7) is 1.04. The molecular weight excluding hydrogens is 472 g/mol. The molecule has 3 aromatic rings. The largest absolute Gasteiger partial charge is 0.493 e. The van der Waals surface area contributed by atoms with Gasteiger partial charge in [-0.15, -0.1) is 10.2 Å². The molecule has 2 aliphatic rings. The third-order valence-corrected chi connectivity index (χ3v) is 6.67. The first-order valence-corrected chi connectivity index (χ1v) is 12.0. The molecule has 0 bridgehead atoms. The molecule has 5 rings (SSSR count). The number of hydrogen-bond donors (Lipinski definition) is 1. The molecule has 2 aromatic heterocycles. The van der Waals surface area contributed by atoms with E-state index in [1.165, 1.54) is 11.3 Å². The third kappa shape index (κ3) is 5.38. The van der Waals surface area contributed by atoms with Gasteiger partial charge >= 0.3 is 0 Å². The van der Waals surface area contributed by atoms with Crippen molar-refractivity contribution in [2.24, 2.45) is 0 Å². The van der Waals surface area contributed by atoms with Crippen LogP contribution in [-0.2, 0) is 14.3 Å². The molecule has 0 radical (unpaired) electrons. The summed E-state index contributed by atoms with van der Waals surface area (Å²) in [5.74, 6) is 0.731. The van der Waals surface area contributed by atoms with Gasteiger partial charge in [0, 0.05) is 37.7 Å². The number of carbonyl (C=O) groups is 2. The number of anilines is 1. The van der Waals surface area contributed by atoms with E-state index in [-0.39, 0.29) is 30.6 Å². The van der Waals surface area contributed by atoms with Crippen molar-refractivity contribution >= 4 is 28.3 Å². The molecule has 11 nitrogen and oxygen atoms in total. The Balaban J connectivity index is 1.20. The Morgan fingerprint density at radius 1 is 1.29 bits per heavy atom. The maximum Gasteiger partial charge on any atom is 0.245 e. The van der Waals surface area contributed by atoms with Gasteiger partial charge in [-0.1, -0.05) is 17.4 Å². The van der Waals surface area contributed by atoms with Crippen molar-refractivity contribution < 1.29 is 23.8 Å². The minimum atomic E-state index is -0.335. The summed E-state index contributed by atoms with van der Waals surface area (Å²) in [6.07, 6.45) is 6.51. The number of methoxy groups -OCH3 is 1. The van der Waals surface area contributed by atoms with E-state index in [4.69, 9.17) is 14.2 Å². The molecule has 0 saturated carbocycles. The highest BCUT2D eigenvalue weighted by Gasteiger charge is 2.32. The lowest BCUT2D eigenvalue weighted by Gasteiger charge is -2.19. The Morgan fingerprint density at radius 3 is 2.97 bits per heavy atom. The lowest BCUT2D eigenvalue weighted by Crippen LogP contribution is -2.34. The van der Waals surface area contributed by atoms with Crippen molar-refractivity contribution in [2.45, 2.75) is 31.5 Å². The van der Waals surface area contributed by atoms with E-state index in [0.717, 1.165) is 18.4 Å². The maximum atomic E-state index is 12.7. The summed E-state index contributed by atoms with van der Waals surface area (Å²) in [7, 11) is 1.59. The standard InChI is InChI=1S/C23H24N6O5S/c1-32-17-5-4-14(9-18(17)34-21-3-2-8-33-21)15-10-20(31)29(12-15)13-19(30)26-23-28-27-22(35-23)16-11-24-6-7-25-16/h4-7,9,11,15,21H,2-3,8,10,12-13H2,1H3,(H,26,28,30)/t15-,21?/m1/s1. The van der Waals surface area contributed by atoms with Crippen molar-refractivity contribution in [3.8, 4) is 22.2 Å². The zero-order valence-corrected chi connectivity index (χ0v) is 19.9. The van der Waals surface area contributed by atoms with Crippen molar-refractivity contribution in [3.63, 3.8) is 0 Å². The number of ether oxygens (including phenoxy) is 3.